The Balaban J connectivity index is 2.05. The highest BCUT2D eigenvalue weighted by Gasteiger charge is 2.37. The summed E-state index contributed by atoms with van der Waals surface area (Å²) in [7, 11) is -3.20. The standard InChI is InChI=1S/C22H17ClF4N2O3S/c1-28-21(30)15-7-10-20(24)19(11-15)14-5-8-17(9-6-14)29(13-22(25,26)27)33(31,32)18-4-2-3-16(23)12-18/h2-12H,13H2,1H3,(H,28,30). The van der Waals surface area contributed by atoms with Crippen molar-refractivity contribution in [2.45, 2.75) is 11.1 Å². The monoisotopic (exact) mass is 500 g/mol. The van der Waals surface area contributed by atoms with E-state index in [1.165, 1.54) is 43.4 Å². The van der Waals surface area contributed by atoms with Gasteiger partial charge in [0.1, 0.15) is 12.4 Å². The van der Waals surface area contributed by atoms with Gasteiger partial charge in [0.25, 0.3) is 15.9 Å². The highest BCUT2D eigenvalue weighted by molar-refractivity contribution is 7.92. The highest BCUT2D eigenvalue weighted by atomic mass is 35.5. The zero-order chi connectivity index (χ0) is 24.4. The van der Waals surface area contributed by atoms with Crippen LogP contribution in [-0.2, 0) is 10.0 Å². The van der Waals surface area contributed by atoms with E-state index >= 15 is 0 Å². The molecule has 3 aromatic rings. The lowest BCUT2D eigenvalue weighted by atomic mass is 10.0. The third-order valence-corrected chi connectivity index (χ3v) is 6.63. The van der Waals surface area contributed by atoms with E-state index in [4.69, 9.17) is 11.6 Å². The minimum atomic E-state index is -4.84. The van der Waals surface area contributed by atoms with E-state index in [1.54, 1.807) is 0 Å². The van der Waals surface area contributed by atoms with Crippen LogP contribution in [0.15, 0.2) is 71.6 Å². The number of hydrogen-bond acceptors (Lipinski definition) is 3. The molecule has 0 bridgehead atoms. The van der Waals surface area contributed by atoms with Crippen molar-refractivity contribution in [3.63, 3.8) is 0 Å². The summed E-state index contributed by atoms with van der Waals surface area (Å²) in [6.45, 7) is -1.78. The normalized spacial score (nSPS) is 11.8. The number of alkyl halides is 3. The van der Waals surface area contributed by atoms with Gasteiger partial charge in [-0.2, -0.15) is 13.2 Å². The van der Waals surface area contributed by atoms with Gasteiger partial charge in [0.15, 0.2) is 0 Å². The van der Waals surface area contributed by atoms with Crippen LogP contribution in [-0.4, -0.2) is 34.1 Å². The van der Waals surface area contributed by atoms with Crippen molar-refractivity contribution in [3.8, 4) is 11.1 Å². The molecule has 0 fully saturated rings. The van der Waals surface area contributed by atoms with Crippen molar-refractivity contribution in [2.75, 3.05) is 17.9 Å². The molecule has 3 rings (SSSR count). The summed E-state index contributed by atoms with van der Waals surface area (Å²) >= 11 is 5.81. The van der Waals surface area contributed by atoms with Crippen LogP contribution in [0.3, 0.4) is 0 Å². The Kier molecular flexibility index (Phi) is 6.99. The molecule has 3 aromatic carbocycles. The summed E-state index contributed by atoms with van der Waals surface area (Å²) in [5, 5.41) is 2.46. The number of halogens is 5. The second kappa shape index (κ2) is 9.40. The maximum Gasteiger partial charge on any atom is 0.407 e. The average Bonchev–Trinajstić information content (AvgIpc) is 2.77. The third-order valence-electron chi connectivity index (χ3n) is 4.63. The molecule has 0 aliphatic heterocycles. The lowest BCUT2D eigenvalue weighted by Gasteiger charge is -2.26. The van der Waals surface area contributed by atoms with Crippen molar-refractivity contribution < 1.29 is 30.8 Å². The van der Waals surface area contributed by atoms with Gasteiger partial charge < -0.3 is 5.32 Å². The molecule has 0 radical (unpaired) electrons. The van der Waals surface area contributed by atoms with E-state index in [0.717, 1.165) is 30.3 Å². The first kappa shape index (κ1) is 24.5. The Hall–Kier alpha value is -3.11. The molecule has 0 heterocycles. The number of nitrogens with zero attached hydrogens (tertiary/aromatic N) is 1. The zero-order valence-corrected chi connectivity index (χ0v) is 18.6. The van der Waals surface area contributed by atoms with E-state index in [2.05, 4.69) is 5.32 Å². The molecule has 0 atom stereocenters. The number of amides is 1. The van der Waals surface area contributed by atoms with E-state index < -0.39 is 39.4 Å². The molecule has 0 aliphatic rings. The SMILES string of the molecule is CNC(=O)c1ccc(F)c(-c2ccc(N(CC(F)(F)F)S(=O)(=O)c3cccc(Cl)c3)cc2)c1. The van der Waals surface area contributed by atoms with Crippen LogP contribution in [0.25, 0.3) is 11.1 Å². The molecular weight excluding hydrogens is 484 g/mol. The number of hydrogen-bond donors (Lipinski definition) is 1. The first-order valence-corrected chi connectivity index (χ1v) is 11.2. The molecule has 0 aromatic heterocycles. The lowest BCUT2D eigenvalue weighted by Crippen LogP contribution is -2.39. The smallest absolute Gasteiger partial charge is 0.355 e. The summed E-state index contributed by atoms with van der Waals surface area (Å²) in [5.74, 6) is -1.11. The molecule has 1 amide bonds. The molecule has 1 N–H and O–H groups in total. The minimum absolute atomic E-state index is 0.0303. The molecule has 0 unspecified atom stereocenters. The molecular formula is C22H17ClF4N2O3S. The number of sulfonamides is 1. The zero-order valence-electron chi connectivity index (χ0n) is 17.0. The Morgan fingerprint density at radius 1 is 1.03 bits per heavy atom. The Morgan fingerprint density at radius 3 is 2.27 bits per heavy atom. The number of nitrogens with one attached hydrogen (secondary N) is 1. The van der Waals surface area contributed by atoms with Gasteiger partial charge in [-0.05, 0) is 54.1 Å². The average molecular weight is 501 g/mol. The molecule has 174 valence electrons. The van der Waals surface area contributed by atoms with Gasteiger partial charge in [-0.15, -0.1) is 0 Å². The second-order valence-electron chi connectivity index (χ2n) is 6.90. The predicted molar refractivity (Wildman–Crippen MR) is 117 cm³/mol. The third kappa shape index (κ3) is 5.63. The van der Waals surface area contributed by atoms with Crippen LogP contribution in [0.5, 0.6) is 0 Å². The van der Waals surface area contributed by atoms with Gasteiger partial charge in [0.05, 0.1) is 10.6 Å². The molecule has 11 heteroatoms. The Labute approximate surface area is 192 Å². The summed E-state index contributed by atoms with van der Waals surface area (Å²) in [4.78, 5) is 11.4. The van der Waals surface area contributed by atoms with Crippen molar-refractivity contribution in [1.82, 2.24) is 5.32 Å². The van der Waals surface area contributed by atoms with Crippen molar-refractivity contribution in [3.05, 3.63) is 83.1 Å². The number of rotatable bonds is 6. The Morgan fingerprint density at radius 2 is 1.70 bits per heavy atom. The van der Waals surface area contributed by atoms with E-state index in [0.29, 0.717) is 0 Å². The van der Waals surface area contributed by atoms with Crippen LogP contribution in [0.4, 0.5) is 23.2 Å². The molecule has 0 saturated carbocycles. The molecule has 33 heavy (non-hydrogen) atoms. The Bertz CT molecular complexity index is 1280. The first-order chi connectivity index (χ1) is 15.4. The maximum atomic E-state index is 14.4. The number of carbonyl (C=O) groups excluding carboxylic acids is 1. The van der Waals surface area contributed by atoms with Gasteiger partial charge in [-0.1, -0.05) is 29.8 Å². The van der Waals surface area contributed by atoms with Crippen molar-refractivity contribution >= 4 is 33.2 Å². The highest BCUT2D eigenvalue weighted by Crippen LogP contribution is 2.32. The lowest BCUT2D eigenvalue weighted by molar-refractivity contribution is -0.117. The maximum absolute atomic E-state index is 14.4. The summed E-state index contributed by atoms with van der Waals surface area (Å²) < 4.78 is 80.3. The molecule has 0 spiro atoms. The largest absolute Gasteiger partial charge is 0.407 e. The predicted octanol–water partition coefficient (Wildman–Crippen LogP) is 5.26. The van der Waals surface area contributed by atoms with Crippen molar-refractivity contribution in [1.29, 1.82) is 0 Å². The minimum Gasteiger partial charge on any atom is -0.355 e. The van der Waals surface area contributed by atoms with Crippen LogP contribution in [0.1, 0.15) is 10.4 Å². The molecule has 0 aliphatic carbocycles. The fraction of sp³-hybridized carbons (Fsp3) is 0.136. The van der Waals surface area contributed by atoms with Crippen molar-refractivity contribution in [2.24, 2.45) is 0 Å². The van der Waals surface area contributed by atoms with Crippen LogP contribution < -0.4 is 9.62 Å². The van der Waals surface area contributed by atoms with Gasteiger partial charge >= 0.3 is 6.18 Å². The fourth-order valence-corrected chi connectivity index (χ4v) is 4.82. The van der Waals surface area contributed by atoms with Crippen LogP contribution >= 0.6 is 11.6 Å². The van der Waals surface area contributed by atoms with Gasteiger partial charge in [0, 0.05) is 23.2 Å². The number of benzene rings is 3. The summed E-state index contributed by atoms with van der Waals surface area (Å²) in [6.07, 6.45) is -4.84. The van der Waals surface area contributed by atoms with E-state index in [9.17, 15) is 30.8 Å². The quantitative estimate of drug-likeness (QED) is 0.469. The number of carbonyl (C=O) groups is 1. The summed E-state index contributed by atoms with van der Waals surface area (Å²) in [6, 6.07) is 13.4. The van der Waals surface area contributed by atoms with E-state index in [1.807, 2.05) is 0 Å². The summed E-state index contributed by atoms with van der Waals surface area (Å²) in [5.41, 5.74) is 0.177. The van der Waals surface area contributed by atoms with Gasteiger partial charge in [-0.25, -0.2) is 12.8 Å². The van der Waals surface area contributed by atoms with Crippen LogP contribution in [0, 0.1) is 5.82 Å². The molecule has 5 nitrogen and oxygen atoms in total. The second-order valence-corrected chi connectivity index (χ2v) is 9.20. The van der Waals surface area contributed by atoms with Crippen LogP contribution in [0.2, 0.25) is 5.02 Å². The fourth-order valence-electron chi connectivity index (χ4n) is 3.07. The molecule has 0 saturated heterocycles. The number of anilines is 1. The van der Waals surface area contributed by atoms with Gasteiger partial charge in [-0.3, -0.25) is 9.10 Å². The first-order valence-electron chi connectivity index (χ1n) is 9.39. The topological polar surface area (TPSA) is 66.5 Å². The van der Waals surface area contributed by atoms with E-state index in [-0.39, 0.29) is 31.7 Å². The van der Waals surface area contributed by atoms with Gasteiger partial charge in [0.2, 0.25) is 0 Å².